The Morgan fingerprint density at radius 3 is 2.11 bits per heavy atom. The molecule has 1 saturated heterocycles. The first kappa shape index (κ1) is 13.5. The van der Waals surface area contributed by atoms with Crippen molar-refractivity contribution >= 4 is 52.0 Å². The Labute approximate surface area is 121 Å². The number of benzene rings is 1. The molecule has 0 bridgehead atoms. The highest BCUT2D eigenvalue weighted by molar-refractivity contribution is 14.1. The summed E-state index contributed by atoms with van der Waals surface area (Å²) in [5.41, 5.74) is 0.461. The van der Waals surface area contributed by atoms with E-state index in [-0.39, 0.29) is 0 Å². The summed E-state index contributed by atoms with van der Waals surface area (Å²) < 4.78 is 0.981. The van der Waals surface area contributed by atoms with Crippen LogP contribution in [0.25, 0.3) is 0 Å². The first-order valence-electron chi connectivity index (χ1n) is 5.19. The van der Waals surface area contributed by atoms with E-state index >= 15 is 0 Å². The number of urea groups is 1. The second-order valence-corrected chi connectivity index (χ2v) is 4.98. The van der Waals surface area contributed by atoms with E-state index in [0.717, 1.165) is 3.57 Å². The van der Waals surface area contributed by atoms with Crippen LogP contribution >= 0.6 is 22.6 Å². The molecule has 1 aromatic rings. The van der Waals surface area contributed by atoms with Crippen LogP contribution in [0.4, 0.5) is 10.5 Å². The van der Waals surface area contributed by atoms with Gasteiger partial charge in [0.2, 0.25) is 17.7 Å². The van der Waals surface area contributed by atoms with Gasteiger partial charge in [-0.2, -0.15) is 0 Å². The average molecular weight is 373 g/mol. The minimum atomic E-state index is -1.57. The lowest BCUT2D eigenvalue weighted by molar-refractivity contribution is -0.141. The van der Waals surface area contributed by atoms with Gasteiger partial charge in [0.05, 0.1) is 0 Å². The van der Waals surface area contributed by atoms with Crippen molar-refractivity contribution in [1.29, 1.82) is 0 Å². The van der Waals surface area contributed by atoms with E-state index in [1.165, 1.54) is 0 Å². The third kappa shape index (κ3) is 3.08. The van der Waals surface area contributed by atoms with E-state index in [2.05, 4.69) is 27.9 Å². The summed E-state index contributed by atoms with van der Waals surface area (Å²) in [7, 11) is 0. The summed E-state index contributed by atoms with van der Waals surface area (Å²) in [5, 5.41) is 6.17. The molecule has 1 aromatic carbocycles. The maximum Gasteiger partial charge on any atom is 0.328 e. The van der Waals surface area contributed by atoms with Gasteiger partial charge >= 0.3 is 6.03 Å². The van der Waals surface area contributed by atoms with Crippen molar-refractivity contribution < 1.29 is 19.2 Å². The largest absolute Gasteiger partial charge is 0.328 e. The Morgan fingerprint density at radius 1 is 1.05 bits per heavy atom. The molecule has 0 radical (unpaired) electrons. The summed E-state index contributed by atoms with van der Waals surface area (Å²) >= 11 is 2.10. The number of hydrogen-bond donors (Lipinski definition) is 3. The highest BCUT2D eigenvalue weighted by Gasteiger charge is 2.39. The fraction of sp³-hybridized carbons (Fsp3) is 0.0909. The molecule has 1 aliphatic rings. The van der Waals surface area contributed by atoms with E-state index < -0.39 is 29.7 Å². The van der Waals surface area contributed by atoms with Gasteiger partial charge in [0.15, 0.2) is 5.92 Å². The second-order valence-electron chi connectivity index (χ2n) is 3.74. The molecule has 0 aliphatic carbocycles. The molecule has 0 saturated carbocycles. The van der Waals surface area contributed by atoms with Gasteiger partial charge in [-0.3, -0.25) is 25.0 Å². The lowest BCUT2D eigenvalue weighted by Gasteiger charge is -2.19. The third-order valence-electron chi connectivity index (χ3n) is 2.37. The Kier molecular flexibility index (Phi) is 3.79. The number of halogens is 1. The Hall–Kier alpha value is -1.97. The minimum absolute atomic E-state index is 0.461. The molecular formula is C11H8IN3O4. The van der Waals surface area contributed by atoms with E-state index in [4.69, 9.17) is 0 Å². The molecule has 98 valence electrons. The minimum Gasteiger partial charge on any atom is -0.325 e. The van der Waals surface area contributed by atoms with E-state index in [0.29, 0.717) is 5.69 Å². The fourth-order valence-electron chi connectivity index (χ4n) is 1.50. The smallest absolute Gasteiger partial charge is 0.325 e. The van der Waals surface area contributed by atoms with Crippen LogP contribution < -0.4 is 16.0 Å². The van der Waals surface area contributed by atoms with Gasteiger partial charge in [-0.25, -0.2) is 4.79 Å². The van der Waals surface area contributed by atoms with Crippen molar-refractivity contribution in [2.75, 3.05) is 5.32 Å². The molecule has 0 spiro atoms. The average Bonchev–Trinajstić information content (AvgIpc) is 2.30. The Bertz CT molecular complexity index is 550. The van der Waals surface area contributed by atoms with Crippen LogP contribution in [0.3, 0.4) is 0 Å². The molecule has 1 aliphatic heterocycles. The van der Waals surface area contributed by atoms with Gasteiger partial charge in [-0.05, 0) is 46.9 Å². The van der Waals surface area contributed by atoms with Crippen LogP contribution in [0.1, 0.15) is 0 Å². The zero-order valence-corrected chi connectivity index (χ0v) is 11.6. The summed E-state index contributed by atoms with van der Waals surface area (Å²) in [6, 6.07) is 5.89. The van der Waals surface area contributed by atoms with Crippen LogP contribution in [-0.4, -0.2) is 23.8 Å². The molecule has 3 N–H and O–H groups in total. The molecule has 19 heavy (non-hydrogen) atoms. The second kappa shape index (κ2) is 5.34. The van der Waals surface area contributed by atoms with Crippen LogP contribution in [0.15, 0.2) is 24.3 Å². The molecule has 7 nitrogen and oxygen atoms in total. The first-order valence-corrected chi connectivity index (χ1v) is 6.27. The van der Waals surface area contributed by atoms with Crippen LogP contribution in [-0.2, 0) is 14.4 Å². The van der Waals surface area contributed by atoms with Gasteiger partial charge in [0, 0.05) is 9.26 Å². The molecule has 0 atom stereocenters. The predicted octanol–water partition coefficient (Wildman–Crippen LogP) is 0.212. The summed E-state index contributed by atoms with van der Waals surface area (Å²) in [6.45, 7) is 0. The third-order valence-corrected chi connectivity index (χ3v) is 3.09. The van der Waals surface area contributed by atoms with Gasteiger partial charge in [-0.15, -0.1) is 0 Å². The van der Waals surface area contributed by atoms with Crippen molar-refractivity contribution in [3.8, 4) is 0 Å². The Morgan fingerprint density at radius 2 is 1.58 bits per heavy atom. The topological polar surface area (TPSA) is 104 Å². The molecule has 0 aromatic heterocycles. The number of hydrogen-bond acceptors (Lipinski definition) is 4. The molecule has 8 heteroatoms. The SMILES string of the molecule is O=C1NC(=O)C(C(=O)Nc2ccc(I)cc2)C(=O)N1. The van der Waals surface area contributed by atoms with Crippen LogP contribution in [0, 0.1) is 9.49 Å². The molecule has 2 rings (SSSR count). The number of amides is 5. The maximum absolute atomic E-state index is 11.8. The number of nitrogens with one attached hydrogen (secondary N) is 3. The normalized spacial score (nSPS) is 15.7. The fourth-order valence-corrected chi connectivity index (χ4v) is 1.86. The van der Waals surface area contributed by atoms with Crippen molar-refractivity contribution in [3.63, 3.8) is 0 Å². The van der Waals surface area contributed by atoms with Crippen molar-refractivity contribution in [2.24, 2.45) is 5.92 Å². The van der Waals surface area contributed by atoms with E-state index in [1.807, 2.05) is 10.6 Å². The number of anilines is 1. The highest BCUT2D eigenvalue weighted by atomic mass is 127. The Balaban J connectivity index is 2.11. The lowest BCUT2D eigenvalue weighted by Crippen LogP contribution is -2.58. The number of imide groups is 2. The van der Waals surface area contributed by atoms with Crippen molar-refractivity contribution in [1.82, 2.24) is 10.6 Å². The molecule has 5 amide bonds. The summed E-state index contributed by atoms with van der Waals surface area (Å²) in [5.74, 6) is -4.23. The van der Waals surface area contributed by atoms with Gasteiger partial charge in [0.25, 0.3) is 0 Å². The maximum atomic E-state index is 11.8. The van der Waals surface area contributed by atoms with Crippen LogP contribution in [0.5, 0.6) is 0 Å². The van der Waals surface area contributed by atoms with Gasteiger partial charge in [-0.1, -0.05) is 0 Å². The number of carbonyl (C=O) groups is 4. The number of barbiturate groups is 1. The van der Waals surface area contributed by atoms with Gasteiger partial charge in [0.1, 0.15) is 0 Å². The van der Waals surface area contributed by atoms with Crippen molar-refractivity contribution in [2.45, 2.75) is 0 Å². The van der Waals surface area contributed by atoms with Gasteiger partial charge < -0.3 is 5.32 Å². The van der Waals surface area contributed by atoms with Crippen molar-refractivity contribution in [3.05, 3.63) is 27.8 Å². The molecule has 0 unspecified atom stereocenters. The van der Waals surface area contributed by atoms with E-state index in [9.17, 15) is 19.2 Å². The monoisotopic (exact) mass is 373 g/mol. The standard InChI is InChI=1S/C11H8IN3O4/c12-5-1-3-6(4-2-5)13-8(16)7-9(17)14-11(19)15-10(7)18/h1-4,7H,(H,13,16)(H2,14,15,17,18,19). The van der Waals surface area contributed by atoms with E-state index in [1.54, 1.807) is 24.3 Å². The number of rotatable bonds is 2. The summed E-state index contributed by atoms with van der Waals surface area (Å²) in [6.07, 6.45) is 0. The first-order chi connectivity index (χ1) is 8.97. The zero-order chi connectivity index (χ0) is 14.0. The highest BCUT2D eigenvalue weighted by Crippen LogP contribution is 2.13. The zero-order valence-electron chi connectivity index (χ0n) is 9.40. The van der Waals surface area contributed by atoms with Crippen LogP contribution in [0.2, 0.25) is 0 Å². The summed E-state index contributed by atoms with van der Waals surface area (Å²) in [4.78, 5) is 45.6. The number of carbonyl (C=O) groups excluding carboxylic acids is 4. The molecular weight excluding hydrogens is 365 g/mol. The lowest BCUT2D eigenvalue weighted by atomic mass is 10.1. The quantitative estimate of drug-likeness (QED) is 0.509. The molecule has 1 heterocycles. The predicted molar refractivity (Wildman–Crippen MR) is 73.0 cm³/mol. The molecule has 1 fully saturated rings.